The van der Waals surface area contributed by atoms with E-state index in [4.69, 9.17) is 4.74 Å². The molecule has 7 nitrogen and oxygen atoms in total. The van der Waals surface area contributed by atoms with Gasteiger partial charge in [-0.05, 0) is 32.8 Å². The van der Waals surface area contributed by atoms with Crippen molar-refractivity contribution in [3.05, 3.63) is 23.0 Å². The van der Waals surface area contributed by atoms with Crippen molar-refractivity contribution in [2.75, 3.05) is 13.2 Å². The highest BCUT2D eigenvalue weighted by Crippen LogP contribution is 2.37. The van der Waals surface area contributed by atoms with Crippen LogP contribution in [0.5, 0.6) is 0 Å². The number of likely N-dealkylation sites (tertiary alicyclic amines) is 1. The number of aromatic nitrogens is 1. The molecule has 1 aromatic rings. The van der Waals surface area contributed by atoms with Gasteiger partial charge in [-0.2, -0.15) is 0 Å². The van der Waals surface area contributed by atoms with E-state index in [1.807, 2.05) is 25.5 Å². The summed E-state index contributed by atoms with van der Waals surface area (Å²) in [6, 6.07) is 1.77. The van der Waals surface area contributed by atoms with E-state index in [2.05, 4.69) is 0 Å². The van der Waals surface area contributed by atoms with Crippen LogP contribution in [0.4, 0.5) is 0 Å². The van der Waals surface area contributed by atoms with Gasteiger partial charge < -0.3 is 9.30 Å². The van der Waals surface area contributed by atoms with Gasteiger partial charge in [-0.15, -0.1) is 0 Å². The number of ketones is 1. The van der Waals surface area contributed by atoms with Crippen LogP contribution in [0.15, 0.2) is 6.07 Å². The zero-order valence-corrected chi connectivity index (χ0v) is 16.1. The topological polar surface area (TPSA) is 85.7 Å². The molecule has 2 amide bonds. The number of Topliss-reactive ketones (excluding diaryl/α,β-unsaturated/α-hetero) is 1. The third-order valence-electron chi connectivity index (χ3n) is 5.91. The van der Waals surface area contributed by atoms with Crippen LogP contribution in [-0.2, 0) is 26.2 Å². The maximum Gasteiger partial charge on any atom is 0.308 e. The first kappa shape index (κ1) is 19.3. The standard InChI is InChI=1S/C20H26N2O5/c1-12-10-16(13(2)21(12)3)17(23)11-27-18(24)8-9-22-19(25)14-6-4-5-7-15(14)20(22)26/h10,14-15H,4-9,11H2,1-3H3/t14-,15+. The minimum atomic E-state index is -0.580. The molecule has 2 fully saturated rings. The van der Waals surface area contributed by atoms with Gasteiger partial charge in [0.15, 0.2) is 6.61 Å². The zero-order chi connectivity index (χ0) is 19.7. The minimum Gasteiger partial charge on any atom is -0.457 e. The number of fused-ring (bicyclic) bond motifs is 1. The summed E-state index contributed by atoms with van der Waals surface area (Å²) < 4.78 is 6.97. The zero-order valence-electron chi connectivity index (χ0n) is 16.1. The van der Waals surface area contributed by atoms with E-state index < -0.39 is 5.97 Å². The quantitative estimate of drug-likeness (QED) is 0.431. The maximum atomic E-state index is 12.4. The predicted octanol–water partition coefficient (Wildman–Crippen LogP) is 1.93. The molecule has 3 rings (SSSR count). The molecule has 0 spiro atoms. The molecule has 2 heterocycles. The second-order valence-corrected chi connectivity index (χ2v) is 7.50. The van der Waals surface area contributed by atoms with E-state index in [0.717, 1.165) is 37.1 Å². The lowest BCUT2D eigenvalue weighted by molar-refractivity contribution is -0.145. The Morgan fingerprint density at radius 1 is 1.11 bits per heavy atom. The number of esters is 1. The van der Waals surface area contributed by atoms with Gasteiger partial charge in [0.2, 0.25) is 17.6 Å². The summed E-state index contributed by atoms with van der Waals surface area (Å²) >= 11 is 0. The van der Waals surface area contributed by atoms with E-state index in [1.54, 1.807) is 6.07 Å². The third-order valence-corrected chi connectivity index (χ3v) is 5.91. The van der Waals surface area contributed by atoms with Crippen LogP contribution in [0.3, 0.4) is 0 Å². The van der Waals surface area contributed by atoms with Gasteiger partial charge in [0.25, 0.3) is 0 Å². The summed E-state index contributed by atoms with van der Waals surface area (Å²) in [4.78, 5) is 50.2. The van der Waals surface area contributed by atoms with Gasteiger partial charge in [0.05, 0.1) is 18.3 Å². The van der Waals surface area contributed by atoms with Crippen molar-refractivity contribution in [3.8, 4) is 0 Å². The Balaban J connectivity index is 1.50. The van der Waals surface area contributed by atoms with E-state index in [0.29, 0.717) is 5.56 Å². The van der Waals surface area contributed by atoms with Crippen LogP contribution in [0.25, 0.3) is 0 Å². The van der Waals surface area contributed by atoms with Crippen molar-refractivity contribution >= 4 is 23.6 Å². The molecule has 1 aliphatic carbocycles. The summed E-state index contributed by atoms with van der Waals surface area (Å²) in [5, 5.41) is 0. The molecule has 1 aromatic heterocycles. The molecule has 27 heavy (non-hydrogen) atoms. The monoisotopic (exact) mass is 374 g/mol. The lowest BCUT2D eigenvalue weighted by Gasteiger charge is -2.19. The fraction of sp³-hybridized carbons (Fsp3) is 0.600. The Morgan fingerprint density at radius 3 is 2.22 bits per heavy atom. The SMILES string of the molecule is Cc1cc(C(=O)COC(=O)CCN2C(=O)[C@H]3CCCC[C@H]3C2=O)c(C)n1C. The maximum absolute atomic E-state index is 12.4. The first-order chi connectivity index (χ1) is 12.8. The Bertz CT molecular complexity index is 771. The highest BCUT2D eigenvalue weighted by molar-refractivity contribution is 6.05. The van der Waals surface area contributed by atoms with Gasteiger partial charge in [0.1, 0.15) is 0 Å². The Kier molecular flexibility index (Phi) is 5.48. The smallest absolute Gasteiger partial charge is 0.308 e. The number of aryl methyl sites for hydroxylation is 1. The largest absolute Gasteiger partial charge is 0.457 e. The van der Waals surface area contributed by atoms with E-state index in [-0.39, 0.29) is 49.0 Å². The Hall–Kier alpha value is -2.44. The van der Waals surface area contributed by atoms with Crippen molar-refractivity contribution < 1.29 is 23.9 Å². The number of amides is 2. The van der Waals surface area contributed by atoms with Crippen LogP contribution in [-0.4, -0.2) is 46.2 Å². The Morgan fingerprint density at radius 2 is 1.70 bits per heavy atom. The summed E-state index contributed by atoms with van der Waals surface area (Å²) in [6.45, 7) is 3.43. The molecule has 2 aliphatic rings. The molecule has 7 heteroatoms. The summed E-state index contributed by atoms with van der Waals surface area (Å²) in [7, 11) is 1.87. The summed E-state index contributed by atoms with van der Waals surface area (Å²) in [5.41, 5.74) is 2.32. The number of nitrogens with zero attached hydrogens (tertiary/aromatic N) is 2. The van der Waals surface area contributed by atoms with E-state index in [9.17, 15) is 19.2 Å². The number of rotatable bonds is 6. The normalized spacial score (nSPS) is 22.1. The lowest BCUT2D eigenvalue weighted by Crippen LogP contribution is -2.33. The van der Waals surface area contributed by atoms with Crippen LogP contribution in [0.2, 0.25) is 0 Å². The molecule has 0 N–H and O–H groups in total. The second kappa shape index (κ2) is 7.66. The van der Waals surface area contributed by atoms with Crippen LogP contribution < -0.4 is 0 Å². The highest BCUT2D eigenvalue weighted by atomic mass is 16.5. The molecule has 1 saturated carbocycles. The third kappa shape index (κ3) is 3.68. The number of imide groups is 1. The van der Waals surface area contributed by atoms with Crippen molar-refractivity contribution in [2.24, 2.45) is 18.9 Å². The average Bonchev–Trinajstić information content (AvgIpc) is 3.06. The van der Waals surface area contributed by atoms with Crippen molar-refractivity contribution in [1.82, 2.24) is 9.47 Å². The number of carbonyl (C=O) groups is 4. The minimum absolute atomic E-state index is 0.0289. The van der Waals surface area contributed by atoms with Crippen molar-refractivity contribution in [1.29, 1.82) is 0 Å². The average molecular weight is 374 g/mol. The van der Waals surface area contributed by atoms with Crippen LogP contribution in [0, 0.1) is 25.7 Å². The van der Waals surface area contributed by atoms with Gasteiger partial charge in [-0.3, -0.25) is 24.1 Å². The number of ether oxygens (including phenoxy) is 1. The van der Waals surface area contributed by atoms with E-state index >= 15 is 0 Å². The first-order valence-corrected chi connectivity index (χ1v) is 9.48. The van der Waals surface area contributed by atoms with Crippen molar-refractivity contribution in [3.63, 3.8) is 0 Å². The molecular weight excluding hydrogens is 348 g/mol. The number of carbonyl (C=O) groups excluding carboxylic acids is 4. The first-order valence-electron chi connectivity index (χ1n) is 9.48. The molecule has 1 aliphatic heterocycles. The van der Waals surface area contributed by atoms with Crippen LogP contribution in [0.1, 0.15) is 53.8 Å². The lowest BCUT2D eigenvalue weighted by atomic mass is 9.81. The highest BCUT2D eigenvalue weighted by Gasteiger charge is 2.47. The van der Waals surface area contributed by atoms with Gasteiger partial charge in [-0.25, -0.2) is 0 Å². The molecule has 0 bridgehead atoms. The fourth-order valence-electron chi connectivity index (χ4n) is 4.09. The van der Waals surface area contributed by atoms with Gasteiger partial charge in [0, 0.05) is 30.5 Å². The second-order valence-electron chi connectivity index (χ2n) is 7.50. The summed E-state index contributed by atoms with van der Waals surface area (Å²) in [6.07, 6.45) is 3.35. The molecule has 0 radical (unpaired) electrons. The van der Waals surface area contributed by atoms with Crippen LogP contribution >= 0.6 is 0 Å². The summed E-state index contributed by atoms with van der Waals surface area (Å²) in [5.74, 6) is -1.60. The molecule has 2 atom stereocenters. The molecule has 1 saturated heterocycles. The number of hydrogen-bond acceptors (Lipinski definition) is 5. The fourth-order valence-corrected chi connectivity index (χ4v) is 4.09. The molecular formula is C20H26N2O5. The van der Waals surface area contributed by atoms with Gasteiger partial charge >= 0.3 is 5.97 Å². The van der Waals surface area contributed by atoms with Gasteiger partial charge in [-0.1, -0.05) is 12.8 Å². The molecule has 0 unspecified atom stereocenters. The number of hydrogen-bond donors (Lipinski definition) is 0. The molecule has 146 valence electrons. The predicted molar refractivity (Wildman–Crippen MR) is 97.0 cm³/mol. The Labute approximate surface area is 158 Å². The van der Waals surface area contributed by atoms with E-state index in [1.165, 1.54) is 4.90 Å². The van der Waals surface area contributed by atoms with Crippen molar-refractivity contribution in [2.45, 2.75) is 46.0 Å². The molecule has 0 aromatic carbocycles.